The lowest BCUT2D eigenvalue weighted by Gasteiger charge is -2.15. The maximum Gasteiger partial charge on any atom is 0.315 e. The number of aryl methyl sites for hydroxylation is 1. The fourth-order valence-electron chi connectivity index (χ4n) is 2.27. The Morgan fingerprint density at radius 3 is 2.54 bits per heavy atom. The summed E-state index contributed by atoms with van der Waals surface area (Å²) >= 11 is 1.83. The van der Waals surface area contributed by atoms with E-state index in [0.29, 0.717) is 18.2 Å². The number of carbonyl (C=O) groups is 1. The molecule has 0 spiro atoms. The number of aromatic nitrogens is 3. The summed E-state index contributed by atoms with van der Waals surface area (Å²) in [6.45, 7) is 6.85. The van der Waals surface area contributed by atoms with E-state index in [1.807, 2.05) is 25.7 Å². The van der Waals surface area contributed by atoms with Crippen molar-refractivity contribution < 1.29 is 4.79 Å². The highest BCUT2D eigenvalue weighted by atomic mass is 32.2. The Bertz CT molecular complexity index is 653. The molecule has 7 heteroatoms. The number of thioether (sulfide) groups is 1. The van der Waals surface area contributed by atoms with Gasteiger partial charge in [-0.05, 0) is 24.6 Å². The molecule has 2 N–H and O–H groups in total. The molecule has 0 saturated heterocycles. The van der Waals surface area contributed by atoms with Gasteiger partial charge in [0.15, 0.2) is 0 Å². The molecule has 0 bridgehead atoms. The van der Waals surface area contributed by atoms with Crippen molar-refractivity contribution in [2.24, 2.45) is 7.05 Å². The molecule has 0 radical (unpaired) electrons. The van der Waals surface area contributed by atoms with Gasteiger partial charge >= 0.3 is 6.03 Å². The van der Waals surface area contributed by atoms with Gasteiger partial charge in [-0.3, -0.25) is 4.68 Å². The van der Waals surface area contributed by atoms with Crippen molar-refractivity contribution in [1.29, 1.82) is 0 Å². The molecule has 0 unspecified atom stereocenters. The molecule has 1 atom stereocenters. The van der Waals surface area contributed by atoms with E-state index in [1.54, 1.807) is 4.68 Å². The van der Waals surface area contributed by atoms with Crippen molar-refractivity contribution >= 4 is 17.8 Å². The Labute approximate surface area is 147 Å². The minimum absolute atomic E-state index is 0.0436. The van der Waals surface area contributed by atoms with Crippen molar-refractivity contribution in [2.45, 2.75) is 43.4 Å². The third-order valence-electron chi connectivity index (χ3n) is 3.54. The number of nitrogens with one attached hydrogen (secondary N) is 2. The molecule has 6 nitrogen and oxygen atoms in total. The molecule has 24 heavy (non-hydrogen) atoms. The molecular formula is C17H25N5OS. The van der Waals surface area contributed by atoms with E-state index in [2.05, 4.69) is 58.8 Å². The quantitative estimate of drug-likeness (QED) is 0.756. The third kappa shape index (κ3) is 5.56. The number of amides is 2. The molecule has 0 saturated carbocycles. The first kappa shape index (κ1) is 18.3. The largest absolute Gasteiger partial charge is 0.338 e. The van der Waals surface area contributed by atoms with Crippen LogP contribution in [0.3, 0.4) is 0 Å². The summed E-state index contributed by atoms with van der Waals surface area (Å²) in [6.07, 6.45) is 2.16. The van der Waals surface area contributed by atoms with Crippen molar-refractivity contribution in [1.82, 2.24) is 25.4 Å². The number of benzene rings is 1. The Morgan fingerprint density at radius 1 is 1.25 bits per heavy atom. The smallest absolute Gasteiger partial charge is 0.315 e. The third-order valence-corrected chi connectivity index (χ3v) is 4.55. The number of urea groups is 1. The predicted molar refractivity (Wildman–Crippen MR) is 97.1 cm³/mol. The van der Waals surface area contributed by atoms with Gasteiger partial charge < -0.3 is 10.6 Å². The molecule has 1 aromatic heterocycles. The van der Waals surface area contributed by atoms with Crippen LogP contribution in [0.15, 0.2) is 35.5 Å². The fraction of sp³-hybridized carbons (Fsp3) is 0.471. The van der Waals surface area contributed by atoms with Crippen LogP contribution in [0.5, 0.6) is 0 Å². The fourth-order valence-corrected chi connectivity index (χ4v) is 3.11. The number of rotatable bonds is 7. The second kappa shape index (κ2) is 8.73. The van der Waals surface area contributed by atoms with Gasteiger partial charge in [0.1, 0.15) is 12.2 Å². The summed E-state index contributed by atoms with van der Waals surface area (Å²) < 4.78 is 1.71. The van der Waals surface area contributed by atoms with Gasteiger partial charge in [-0.15, -0.1) is 11.8 Å². The molecule has 2 rings (SSSR count). The van der Waals surface area contributed by atoms with Gasteiger partial charge in [-0.1, -0.05) is 26.0 Å². The molecule has 130 valence electrons. The van der Waals surface area contributed by atoms with Gasteiger partial charge in [0.2, 0.25) is 0 Å². The first-order valence-electron chi connectivity index (χ1n) is 8.09. The van der Waals surface area contributed by atoms with Crippen molar-refractivity contribution in [3.8, 4) is 0 Å². The lowest BCUT2D eigenvalue weighted by molar-refractivity contribution is 0.238. The van der Waals surface area contributed by atoms with E-state index < -0.39 is 0 Å². The summed E-state index contributed by atoms with van der Waals surface area (Å²) in [5, 5.41) is 10.4. The van der Waals surface area contributed by atoms with Crippen molar-refractivity contribution in [2.75, 3.05) is 6.54 Å². The topological polar surface area (TPSA) is 71.8 Å². The van der Waals surface area contributed by atoms with E-state index in [1.165, 1.54) is 11.2 Å². The monoisotopic (exact) mass is 347 g/mol. The van der Waals surface area contributed by atoms with Crippen LogP contribution < -0.4 is 10.6 Å². The molecule has 0 aliphatic rings. The van der Waals surface area contributed by atoms with Gasteiger partial charge in [0.05, 0.1) is 6.04 Å². The van der Waals surface area contributed by atoms with Crippen molar-refractivity contribution in [3.63, 3.8) is 0 Å². The maximum absolute atomic E-state index is 12.0. The second-order valence-corrected chi connectivity index (χ2v) is 7.56. The van der Waals surface area contributed by atoms with Crippen LogP contribution in [0.1, 0.15) is 38.2 Å². The van der Waals surface area contributed by atoms with E-state index in [4.69, 9.17) is 0 Å². The summed E-state index contributed by atoms with van der Waals surface area (Å²) in [5.41, 5.74) is 1.09. The standard InChI is InChI=1S/C17H25N5OS/c1-12(2)24-15-7-5-14(6-8-15)13(3)21-17(23)18-10-9-16-19-11-20-22(16)4/h5-8,11-13H,9-10H2,1-4H3,(H2,18,21,23)/t13-/m0/s1. The highest BCUT2D eigenvalue weighted by Gasteiger charge is 2.10. The molecule has 0 aliphatic carbocycles. The zero-order chi connectivity index (χ0) is 17.5. The van der Waals surface area contributed by atoms with Crippen LogP contribution in [0.4, 0.5) is 4.79 Å². The van der Waals surface area contributed by atoms with Gasteiger partial charge in [0.25, 0.3) is 0 Å². The molecule has 2 amide bonds. The zero-order valence-electron chi connectivity index (χ0n) is 14.6. The Morgan fingerprint density at radius 2 is 1.96 bits per heavy atom. The van der Waals surface area contributed by atoms with E-state index >= 15 is 0 Å². The zero-order valence-corrected chi connectivity index (χ0v) is 15.4. The molecular weight excluding hydrogens is 322 g/mol. The first-order chi connectivity index (χ1) is 11.5. The first-order valence-corrected chi connectivity index (χ1v) is 8.97. The Kier molecular flexibility index (Phi) is 6.66. The molecule has 0 fully saturated rings. The number of hydrogen-bond donors (Lipinski definition) is 2. The minimum atomic E-state index is -0.176. The van der Waals surface area contributed by atoms with Crippen molar-refractivity contribution in [3.05, 3.63) is 42.0 Å². The average Bonchev–Trinajstić information content (AvgIpc) is 2.92. The second-order valence-electron chi connectivity index (χ2n) is 5.91. The summed E-state index contributed by atoms with van der Waals surface area (Å²) in [7, 11) is 1.84. The van der Waals surface area contributed by atoms with Crippen LogP contribution in [0, 0.1) is 0 Å². The minimum Gasteiger partial charge on any atom is -0.338 e. The van der Waals surface area contributed by atoms with Crippen LogP contribution >= 0.6 is 11.8 Å². The summed E-state index contributed by atoms with van der Waals surface area (Å²) in [4.78, 5) is 17.4. The lowest BCUT2D eigenvalue weighted by atomic mass is 10.1. The summed E-state index contributed by atoms with van der Waals surface area (Å²) in [5.74, 6) is 0.849. The normalized spacial score (nSPS) is 12.2. The van der Waals surface area contributed by atoms with Gasteiger partial charge in [-0.2, -0.15) is 5.10 Å². The predicted octanol–water partition coefficient (Wildman–Crippen LogP) is 2.92. The van der Waals surface area contributed by atoms with Crippen LogP contribution in [-0.4, -0.2) is 32.6 Å². The lowest BCUT2D eigenvalue weighted by Crippen LogP contribution is -2.38. The number of nitrogens with zero attached hydrogens (tertiary/aromatic N) is 3. The number of hydrogen-bond acceptors (Lipinski definition) is 4. The SMILES string of the molecule is CC(C)Sc1ccc([C@H](C)NC(=O)NCCc2ncnn2C)cc1. The maximum atomic E-state index is 12.0. The van der Waals surface area contributed by atoms with Gasteiger partial charge in [0, 0.05) is 30.2 Å². The number of carbonyl (C=O) groups excluding carboxylic acids is 1. The van der Waals surface area contributed by atoms with Crippen LogP contribution in [0.2, 0.25) is 0 Å². The van der Waals surface area contributed by atoms with Crippen LogP contribution in [0.25, 0.3) is 0 Å². The Balaban J connectivity index is 1.77. The highest BCUT2D eigenvalue weighted by molar-refractivity contribution is 7.99. The molecule has 0 aliphatic heterocycles. The van der Waals surface area contributed by atoms with Crippen LogP contribution in [-0.2, 0) is 13.5 Å². The average molecular weight is 347 g/mol. The van der Waals surface area contributed by atoms with E-state index in [-0.39, 0.29) is 12.1 Å². The molecule has 2 aromatic rings. The molecule has 1 heterocycles. The highest BCUT2D eigenvalue weighted by Crippen LogP contribution is 2.24. The van der Waals surface area contributed by atoms with Gasteiger partial charge in [-0.25, -0.2) is 9.78 Å². The molecule has 1 aromatic carbocycles. The summed E-state index contributed by atoms with van der Waals surface area (Å²) in [6, 6.07) is 8.11. The van der Waals surface area contributed by atoms with E-state index in [0.717, 1.165) is 11.4 Å². The van der Waals surface area contributed by atoms with E-state index in [9.17, 15) is 4.79 Å². The Hall–Kier alpha value is -2.02.